The van der Waals surface area contributed by atoms with E-state index in [0.717, 1.165) is 10.5 Å². The van der Waals surface area contributed by atoms with Crippen LogP contribution in [0.3, 0.4) is 0 Å². The SMILES string of the molecule is O=C(Nc1cccc(SC(C(=O)Nc2ccc(F)c(Cl)c2)c2ccccc2)c1)c1cccc(Cl)c1. The summed E-state index contributed by atoms with van der Waals surface area (Å²) in [6, 6.07) is 27.2. The van der Waals surface area contributed by atoms with Crippen molar-refractivity contribution < 1.29 is 14.0 Å². The summed E-state index contributed by atoms with van der Waals surface area (Å²) in [5.41, 5.74) is 2.20. The summed E-state index contributed by atoms with van der Waals surface area (Å²) in [5.74, 6) is -1.15. The van der Waals surface area contributed by atoms with Crippen LogP contribution in [0, 0.1) is 5.82 Å². The first-order chi connectivity index (χ1) is 16.9. The summed E-state index contributed by atoms with van der Waals surface area (Å²) in [6.07, 6.45) is 0. The van der Waals surface area contributed by atoms with E-state index >= 15 is 0 Å². The smallest absolute Gasteiger partial charge is 0.255 e. The number of carbonyl (C=O) groups excluding carboxylic acids is 2. The van der Waals surface area contributed by atoms with Crippen molar-refractivity contribution in [1.82, 2.24) is 0 Å². The molecule has 2 amide bonds. The van der Waals surface area contributed by atoms with Gasteiger partial charge in [0.25, 0.3) is 5.91 Å². The fourth-order valence-electron chi connectivity index (χ4n) is 3.30. The second kappa shape index (κ2) is 11.4. The molecule has 0 saturated heterocycles. The molecule has 4 aromatic carbocycles. The van der Waals surface area contributed by atoms with Gasteiger partial charge in [-0.15, -0.1) is 11.8 Å². The van der Waals surface area contributed by atoms with Crippen LogP contribution in [-0.2, 0) is 4.79 Å². The highest BCUT2D eigenvalue weighted by Crippen LogP contribution is 2.37. The van der Waals surface area contributed by atoms with E-state index in [9.17, 15) is 14.0 Å². The van der Waals surface area contributed by atoms with Gasteiger partial charge in [0.1, 0.15) is 11.1 Å². The van der Waals surface area contributed by atoms with Crippen LogP contribution >= 0.6 is 35.0 Å². The largest absolute Gasteiger partial charge is 0.325 e. The van der Waals surface area contributed by atoms with Gasteiger partial charge in [0.2, 0.25) is 5.91 Å². The van der Waals surface area contributed by atoms with Gasteiger partial charge in [-0.2, -0.15) is 0 Å². The lowest BCUT2D eigenvalue weighted by Gasteiger charge is -2.18. The Morgan fingerprint density at radius 3 is 2.26 bits per heavy atom. The van der Waals surface area contributed by atoms with Crippen LogP contribution in [0.4, 0.5) is 15.8 Å². The van der Waals surface area contributed by atoms with Gasteiger partial charge in [-0.3, -0.25) is 9.59 Å². The van der Waals surface area contributed by atoms with Crippen LogP contribution in [0.15, 0.2) is 102 Å². The van der Waals surface area contributed by atoms with Crippen LogP contribution in [0.25, 0.3) is 0 Å². The predicted octanol–water partition coefficient (Wildman–Crippen LogP) is 7.86. The van der Waals surface area contributed by atoms with Crippen molar-refractivity contribution in [3.8, 4) is 0 Å². The third-order valence-corrected chi connectivity index (χ3v) is 6.73. The first-order valence-electron chi connectivity index (χ1n) is 10.5. The van der Waals surface area contributed by atoms with Gasteiger partial charge in [0.15, 0.2) is 0 Å². The molecule has 8 heteroatoms. The average molecular weight is 525 g/mol. The van der Waals surface area contributed by atoms with Gasteiger partial charge in [-0.05, 0) is 60.2 Å². The van der Waals surface area contributed by atoms with E-state index in [4.69, 9.17) is 23.2 Å². The molecule has 2 N–H and O–H groups in total. The van der Waals surface area contributed by atoms with Gasteiger partial charge < -0.3 is 10.6 Å². The predicted molar refractivity (Wildman–Crippen MR) is 141 cm³/mol. The normalized spacial score (nSPS) is 11.5. The Bertz CT molecular complexity index is 1370. The molecule has 0 fully saturated rings. The molecular formula is C27H19Cl2FN2O2S. The minimum absolute atomic E-state index is 0.0742. The number of hydrogen-bond acceptors (Lipinski definition) is 3. The molecule has 0 aliphatic heterocycles. The zero-order chi connectivity index (χ0) is 24.8. The lowest BCUT2D eigenvalue weighted by Crippen LogP contribution is -2.19. The van der Waals surface area contributed by atoms with Crippen LogP contribution in [-0.4, -0.2) is 11.8 Å². The molecular weight excluding hydrogens is 506 g/mol. The zero-order valence-corrected chi connectivity index (χ0v) is 20.5. The van der Waals surface area contributed by atoms with Gasteiger partial charge in [0, 0.05) is 26.9 Å². The van der Waals surface area contributed by atoms with Crippen molar-refractivity contribution in [3.63, 3.8) is 0 Å². The first kappa shape index (κ1) is 24.8. The number of rotatable bonds is 7. The highest BCUT2D eigenvalue weighted by atomic mass is 35.5. The van der Waals surface area contributed by atoms with Gasteiger partial charge >= 0.3 is 0 Å². The van der Waals surface area contributed by atoms with Crippen LogP contribution in [0.1, 0.15) is 21.2 Å². The molecule has 4 rings (SSSR count). The maximum absolute atomic E-state index is 13.5. The molecule has 0 aromatic heterocycles. The molecule has 0 spiro atoms. The minimum atomic E-state index is -0.612. The Morgan fingerprint density at radius 1 is 0.771 bits per heavy atom. The van der Waals surface area contributed by atoms with E-state index < -0.39 is 11.1 Å². The van der Waals surface area contributed by atoms with Gasteiger partial charge in [-0.1, -0.05) is 65.7 Å². The second-order valence-electron chi connectivity index (χ2n) is 7.52. The Labute approximate surface area is 216 Å². The fourth-order valence-corrected chi connectivity index (χ4v) is 4.75. The van der Waals surface area contributed by atoms with Crippen molar-refractivity contribution >= 4 is 58.2 Å². The number of halogens is 3. The molecule has 0 aliphatic carbocycles. The highest BCUT2D eigenvalue weighted by Gasteiger charge is 2.23. The summed E-state index contributed by atoms with van der Waals surface area (Å²) in [7, 11) is 0. The number of carbonyl (C=O) groups is 2. The van der Waals surface area contributed by atoms with Crippen molar-refractivity contribution in [2.24, 2.45) is 0 Å². The van der Waals surface area contributed by atoms with Crippen molar-refractivity contribution in [2.75, 3.05) is 10.6 Å². The summed E-state index contributed by atoms with van der Waals surface area (Å²) in [4.78, 5) is 26.6. The molecule has 1 atom stereocenters. The summed E-state index contributed by atoms with van der Waals surface area (Å²) >= 11 is 13.2. The average Bonchev–Trinajstić information content (AvgIpc) is 2.85. The molecule has 35 heavy (non-hydrogen) atoms. The van der Waals surface area contributed by atoms with Crippen molar-refractivity contribution in [1.29, 1.82) is 0 Å². The number of hydrogen-bond donors (Lipinski definition) is 2. The third kappa shape index (κ3) is 6.63. The molecule has 4 aromatic rings. The molecule has 0 radical (unpaired) electrons. The van der Waals surface area contributed by atoms with E-state index in [0.29, 0.717) is 22.0 Å². The van der Waals surface area contributed by atoms with E-state index in [1.807, 2.05) is 36.4 Å². The molecule has 0 heterocycles. The number of thioether (sulfide) groups is 1. The lowest BCUT2D eigenvalue weighted by molar-refractivity contribution is -0.115. The van der Waals surface area contributed by atoms with Crippen LogP contribution < -0.4 is 10.6 Å². The van der Waals surface area contributed by atoms with Crippen molar-refractivity contribution in [3.05, 3.63) is 124 Å². The summed E-state index contributed by atoms with van der Waals surface area (Å²) in [6.45, 7) is 0. The molecule has 4 nitrogen and oxygen atoms in total. The van der Waals surface area contributed by atoms with E-state index in [1.165, 1.54) is 30.0 Å². The van der Waals surface area contributed by atoms with E-state index in [-0.39, 0.29) is 16.8 Å². The Kier molecular flexibility index (Phi) is 8.08. The third-order valence-electron chi connectivity index (χ3n) is 4.96. The highest BCUT2D eigenvalue weighted by molar-refractivity contribution is 8.00. The molecule has 0 saturated carbocycles. The minimum Gasteiger partial charge on any atom is -0.325 e. The van der Waals surface area contributed by atoms with Gasteiger partial charge in [-0.25, -0.2) is 4.39 Å². The second-order valence-corrected chi connectivity index (χ2v) is 9.54. The van der Waals surface area contributed by atoms with Crippen LogP contribution in [0.2, 0.25) is 10.0 Å². The Morgan fingerprint density at radius 2 is 1.51 bits per heavy atom. The monoisotopic (exact) mass is 524 g/mol. The maximum atomic E-state index is 13.5. The lowest BCUT2D eigenvalue weighted by atomic mass is 10.1. The first-order valence-corrected chi connectivity index (χ1v) is 12.2. The molecule has 0 bridgehead atoms. The molecule has 0 aliphatic rings. The van der Waals surface area contributed by atoms with Crippen LogP contribution in [0.5, 0.6) is 0 Å². The maximum Gasteiger partial charge on any atom is 0.255 e. The van der Waals surface area contributed by atoms with E-state index in [2.05, 4.69) is 10.6 Å². The fraction of sp³-hybridized carbons (Fsp3) is 0.0370. The Balaban J connectivity index is 1.54. The molecule has 176 valence electrons. The summed E-state index contributed by atoms with van der Waals surface area (Å²) < 4.78 is 13.5. The standard InChI is InChI=1S/C27H19Cl2FN2O2S/c28-19-9-4-8-18(14-19)26(33)31-20-10-5-11-22(15-20)35-25(17-6-2-1-3-7-17)27(34)32-21-12-13-24(30)23(29)16-21/h1-16,25H,(H,31,33)(H,32,34). The zero-order valence-electron chi connectivity index (χ0n) is 18.2. The number of benzene rings is 4. The topological polar surface area (TPSA) is 58.2 Å². The quantitative estimate of drug-likeness (QED) is 0.242. The number of nitrogens with one attached hydrogen (secondary N) is 2. The number of anilines is 2. The van der Waals surface area contributed by atoms with Gasteiger partial charge in [0.05, 0.1) is 5.02 Å². The van der Waals surface area contributed by atoms with E-state index in [1.54, 1.807) is 42.5 Å². The number of amides is 2. The molecule has 1 unspecified atom stereocenters. The summed E-state index contributed by atoms with van der Waals surface area (Å²) in [5, 5.41) is 5.45. The Hall–Kier alpha value is -3.32. The van der Waals surface area contributed by atoms with Crippen molar-refractivity contribution in [2.45, 2.75) is 10.1 Å².